The van der Waals surface area contributed by atoms with Crippen molar-refractivity contribution in [3.8, 4) is 0 Å². The van der Waals surface area contributed by atoms with E-state index in [2.05, 4.69) is 29.7 Å². The van der Waals surface area contributed by atoms with Crippen molar-refractivity contribution in [3.05, 3.63) is 12.2 Å². The van der Waals surface area contributed by atoms with Crippen molar-refractivity contribution in [2.24, 2.45) is 5.41 Å². The average molecular weight is 239 g/mol. The zero-order valence-electron chi connectivity index (χ0n) is 10.3. The maximum Gasteiger partial charge on any atom is 0.0163 e. The quantitative estimate of drug-likeness (QED) is 0.582. The van der Waals surface area contributed by atoms with Gasteiger partial charge in [0.25, 0.3) is 0 Å². The number of hydrogen-bond donors (Lipinski definition) is 1. The van der Waals surface area contributed by atoms with Crippen LogP contribution in [0.25, 0.3) is 0 Å². The molecule has 0 amide bonds. The predicted molar refractivity (Wildman–Crippen MR) is 74.2 cm³/mol. The Morgan fingerprint density at radius 2 is 1.62 bits per heavy atom. The predicted octanol–water partition coefficient (Wildman–Crippen LogP) is 3.52. The van der Waals surface area contributed by atoms with Gasteiger partial charge in [-0.3, -0.25) is 4.90 Å². The van der Waals surface area contributed by atoms with Crippen LogP contribution in [-0.2, 0) is 0 Å². The summed E-state index contributed by atoms with van der Waals surface area (Å²) in [5, 5.41) is 0. The lowest BCUT2D eigenvalue weighted by Crippen LogP contribution is -2.41. The Bertz CT molecular complexity index is 221. The van der Waals surface area contributed by atoms with E-state index >= 15 is 0 Å². The van der Waals surface area contributed by atoms with Crippen molar-refractivity contribution in [3.63, 3.8) is 0 Å². The number of piperidine rings is 1. The summed E-state index contributed by atoms with van der Waals surface area (Å²) >= 11 is 4.19. The molecule has 0 atom stereocenters. The molecule has 1 saturated heterocycles. The van der Waals surface area contributed by atoms with Gasteiger partial charge in [0, 0.05) is 12.3 Å². The molecule has 0 aromatic heterocycles. The highest BCUT2D eigenvalue weighted by molar-refractivity contribution is 7.80. The van der Waals surface area contributed by atoms with Gasteiger partial charge in [-0.25, -0.2) is 0 Å². The molecule has 2 rings (SSSR count). The zero-order chi connectivity index (χ0) is 11.3. The molecule has 1 heterocycles. The number of nitrogens with zero attached hydrogens (tertiary/aromatic N) is 1. The highest BCUT2D eigenvalue weighted by Gasteiger charge is 2.34. The Morgan fingerprint density at radius 3 is 2.25 bits per heavy atom. The van der Waals surface area contributed by atoms with Crippen molar-refractivity contribution in [2.75, 3.05) is 25.4 Å². The van der Waals surface area contributed by atoms with Crippen LogP contribution in [0, 0.1) is 5.41 Å². The molecule has 92 valence electrons. The van der Waals surface area contributed by atoms with Crippen LogP contribution in [0.5, 0.6) is 0 Å². The first-order valence-corrected chi connectivity index (χ1v) is 7.46. The molecule has 0 radical (unpaired) electrons. The van der Waals surface area contributed by atoms with Crippen molar-refractivity contribution in [2.45, 2.75) is 44.9 Å². The summed E-state index contributed by atoms with van der Waals surface area (Å²) in [5.74, 6) is 0.873. The van der Waals surface area contributed by atoms with Crippen LogP contribution in [0.1, 0.15) is 44.9 Å². The van der Waals surface area contributed by atoms with Gasteiger partial charge in [-0.05, 0) is 44.2 Å². The van der Waals surface area contributed by atoms with Crippen molar-refractivity contribution in [1.29, 1.82) is 0 Å². The average Bonchev–Trinajstić information content (AvgIpc) is 2.33. The van der Waals surface area contributed by atoms with E-state index in [1.165, 1.54) is 58.0 Å². The SMILES string of the molecule is SCC=CCN1CCC2(CCCCC2)CC1. The number of rotatable bonds is 3. The third-order valence-electron chi connectivity index (χ3n) is 4.47. The van der Waals surface area contributed by atoms with E-state index in [0.717, 1.165) is 17.7 Å². The van der Waals surface area contributed by atoms with E-state index in [0.29, 0.717) is 0 Å². The second kappa shape index (κ2) is 6.11. The third-order valence-corrected chi connectivity index (χ3v) is 4.68. The van der Waals surface area contributed by atoms with E-state index in [-0.39, 0.29) is 0 Å². The minimum atomic E-state index is 0.752. The van der Waals surface area contributed by atoms with Crippen molar-refractivity contribution >= 4 is 12.6 Å². The second-order valence-electron chi connectivity index (χ2n) is 5.52. The van der Waals surface area contributed by atoms with E-state index < -0.39 is 0 Å². The molecule has 0 aromatic rings. The first-order valence-electron chi connectivity index (χ1n) is 6.83. The Labute approximate surface area is 106 Å². The standard InChI is InChI=1S/C14H25NS/c16-13-5-4-10-15-11-8-14(9-12-15)6-2-1-3-7-14/h4-5,16H,1-3,6-13H2. The lowest BCUT2D eigenvalue weighted by atomic mass is 9.68. The topological polar surface area (TPSA) is 3.24 Å². The summed E-state index contributed by atoms with van der Waals surface area (Å²) < 4.78 is 0. The van der Waals surface area contributed by atoms with Crippen LogP contribution < -0.4 is 0 Å². The maximum absolute atomic E-state index is 4.19. The van der Waals surface area contributed by atoms with Gasteiger partial charge in [0.1, 0.15) is 0 Å². The largest absolute Gasteiger partial charge is 0.300 e. The molecule has 0 bridgehead atoms. The van der Waals surface area contributed by atoms with Crippen molar-refractivity contribution in [1.82, 2.24) is 4.90 Å². The molecule has 1 nitrogen and oxygen atoms in total. The van der Waals surface area contributed by atoms with Gasteiger partial charge in [0.2, 0.25) is 0 Å². The van der Waals surface area contributed by atoms with Crippen LogP contribution in [0.4, 0.5) is 0 Å². The molecule has 0 aromatic carbocycles. The molecular formula is C14H25NS. The van der Waals surface area contributed by atoms with E-state index in [1.54, 1.807) is 0 Å². The van der Waals surface area contributed by atoms with Crippen molar-refractivity contribution < 1.29 is 0 Å². The molecule has 0 unspecified atom stereocenters. The van der Waals surface area contributed by atoms with Gasteiger partial charge in [-0.15, -0.1) is 0 Å². The summed E-state index contributed by atoms with van der Waals surface area (Å²) in [7, 11) is 0. The molecule has 16 heavy (non-hydrogen) atoms. The highest BCUT2D eigenvalue weighted by Crippen LogP contribution is 2.44. The fraction of sp³-hybridized carbons (Fsp3) is 0.857. The number of hydrogen-bond acceptors (Lipinski definition) is 2. The molecule has 1 aliphatic carbocycles. The summed E-state index contributed by atoms with van der Waals surface area (Å²) in [6.07, 6.45) is 14.8. The van der Waals surface area contributed by atoms with Gasteiger partial charge < -0.3 is 0 Å². The van der Waals surface area contributed by atoms with Crippen LogP contribution in [0.2, 0.25) is 0 Å². The Morgan fingerprint density at radius 1 is 0.938 bits per heavy atom. The molecule has 2 fully saturated rings. The fourth-order valence-electron chi connectivity index (χ4n) is 3.31. The van der Waals surface area contributed by atoms with Gasteiger partial charge in [0.15, 0.2) is 0 Å². The van der Waals surface area contributed by atoms with Crippen LogP contribution in [0.3, 0.4) is 0 Å². The molecule has 2 heteroatoms. The summed E-state index contributed by atoms with van der Waals surface area (Å²) in [6.45, 7) is 3.77. The first-order chi connectivity index (χ1) is 7.85. The lowest BCUT2D eigenvalue weighted by molar-refractivity contribution is 0.0737. The second-order valence-corrected chi connectivity index (χ2v) is 5.88. The monoisotopic (exact) mass is 239 g/mol. The Hall–Kier alpha value is 0.0500. The molecule has 1 spiro atoms. The molecule has 2 aliphatic rings. The Kier molecular flexibility index (Phi) is 4.78. The van der Waals surface area contributed by atoms with Gasteiger partial charge in [0.05, 0.1) is 0 Å². The van der Waals surface area contributed by atoms with E-state index in [1.807, 2.05) is 0 Å². The summed E-state index contributed by atoms with van der Waals surface area (Å²) in [6, 6.07) is 0. The number of thiol groups is 1. The minimum absolute atomic E-state index is 0.752. The summed E-state index contributed by atoms with van der Waals surface area (Å²) in [4.78, 5) is 2.60. The van der Waals surface area contributed by atoms with Crippen LogP contribution in [0.15, 0.2) is 12.2 Å². The summed E-state index contributed by atoms with van der Waals surface area (Å²) in [5.41, 5.74) is 0.752. The van der Waals surface area contributed by atoms with Crippen LogP contribution in [-0.4, -0.2) is 30.3 Å². The normalized spacial score (nSPS) is 26.6. The van der Waals surface area contributed by atoms with E-state index in [4.69, 9.17) is 0 Å². The smallest absolute Gasteiger partial charge is 0.0163 e. The molecule has 0 N–H and O–H groups in total. The molecule has 1 saturated carbocycles. The third kappa shape index (κ3) is 3.27. The van der Waals surface area contributed by atoms with E-state index in [9.17, 15) is 0 Å². The lowest BCUT2D eigenvalue weighted by Gasteiger charge is -2.44. The van der Waals surface area contributed by atoms with Crippen LogP contribution >= 0.6 is 12.6 Å². The maximum atomic E-state index is 4.19. The molecular weight excluding hydrogens is 214 g/mol. The fourth-order valence-corrected chi connectivity index (χ4v) is 3.46. The molecule has 1 aliphatic heterocycles. The van der Waals surface area contributed by atoms with Gasteiger partial charge in [-0.1, -0.05) is 31.4 Å². The highest BCUT2D eigenvalue weighted by atomic mass is 32.1. The van der Waals surface area contributed by atoms with Gasteiger partial charge >= 0.3 is 0 Å². The van der Waals surface area contributed by atoms with Gasteiger partial charge in [-0.2, -0.15) is 12.6 Å². The number of likely N-dealkylation sites (tertiary alicyclic amines) is 1. The minimum Gasteiger partial charge on any atom is -0.300 e. The first kappa shape index (κ1) is 12.5. The Balaban J connectivity index is 1.75. The zero-order valence-corrected chi connectivity index (χ0v) is 11.2.